The highest BCUT2D eigenvalue weighted by Crippen LogP contribution is 2.57. The Labute approximate surface area is 67.6 Å². The molecule has 2 heteroatoms. The molecule has 2 nitrogen and oxygen atoms in total. The minimum absolute atomic E-state index is 0.0622. The van der Waals surface area contributed by atoms with E-state index in [2.05, 4.69) is 0 Å². The van der Waals surface area contributed by atoms with E-state index in [1.165, 1.54) is 19.3 Å². The van der Waals surface area contributed by atoms with Crippen LogP contribution in [0.3, 0.4) is 0 Å². The van der Waals surface area contributed by atoms with Crippen molar-refractivity contribution in [2.24, 2.45) is 5.41 Å². The third-order valence-electron chi connectivity index (χ3n) is 3.39. The van der Waals surface area contributed by atoms with Crippen molar-refractivity contribution in [2.75, 3.05) is 6.61 Å². The van der Waals surface area contributed by atoms with Crippen molar-refractivity contribution in [1.29, 1.82) is 0 Å². The van der Waals surface area contributed by atoms with Gasteiger partial charge in [0, 0.05) is 18.4 Å². The molecule has 64 valence electrons. The Kier molecular flexibility index (Phi) is 1.69. The lowest BCUT2D eigenvalue weighted by atomic mass is 9.52. The van der Waals surface area contributed by atoms with E-state index in [0.29, 0.717) is 6.10 Å². The van der Waals surface area contributed by atoms with Gasteiger partial charge in [-0.2, -0.15) is 0 Å². The van der Waals surface area contributed by atoms with Crippen LogP contribution in [0.1, 0.15) is 32.6 Å². The fraction of sp³-hybridized carbons (Fsp3) is 1.00. The molecule has 0 amide bonds. The van der Waals surface area contributed by atoms with E-state index in [9.17, 15) is 5.11 Å². The lowest BCUT2D eigenvalue weighted by molar-refractivity contribution is -0.224. The molecule has 1 spiro atoms. The Morgan fingerprint density at radius 2 is 2.27 bits per heavy atom. The summed E-state index contributed by atoms with van der Waals surface area (Å²) >= 11 is 0. The summed E-state index contributed by atoms with van der Waals surface area (Å²) in [5.41, 5.74) is 0.204. The van der Waals surface area contributed by atoms with Crippen molar-refractivity contribution in [2.45, 2.75) is 44.8 Å². The van der Waals surface area contributed by atoms with Crippen LogP contribution >= 0.6 is 0 Å². The van der Waals surface area contributed by atoms with Gasteiger partial charge in [0.25, 0.3) is 0 Å². The molecular weight excluding hydrogens is 140 g/mol. The fourth-order valence-corrected chi connectivity index (χ4v) is 2.40. The zero-order valence-corrected chi connectivity index (χ0v) is 7.05. The van der Waals surface area contributed by atoms with Gasteiger partial charge >= 0.3 is 0 Å². The van der Waals surface area contributed by atoms with Gasteiger partial charge in [0.15, 0.2) is 0 Å². The molecule has 0 aromatic heterocycles. The van der Waals surface area contributed by atoms with Crippen molar-refractivity contribution in [3.8, 4) is 0 Å². The average Bonchev–Trinajstić information content (AvgIpc) is 1.83. The van der Waals surface area contributed by atoms with E-state index >= 15 is 0 Å². The Hall–Kier alpha value is -0.0800. The van der Waals surface area contributed by atoms with Gasteiger partial charge in [0.1, 0.15) is 0 Å². The fourth-order valence-electron chi connectivity index (χ4n) is 2.40. The summed E-state index contributed by atoms with van der Waals surface area (Å²) in [7, 11) is 0. The summed E-state index contributed by atoms with van der Waals surface area (Å²) in [4.78, 5) is 0. The minimum Gasteiger partial charge on any atom is -0.392 e. The highest BCUT2D eigenvalue weighted by atomic mass is 16.5. The van der Waals surface area contributed by atoms with Crippen LogP contribution < -0.4 is 0 Å². The first-order valence-electron chi connectivity index (χ1n) is 4.59. The average molecular weight is 156 g/mol. The van der Waals surface area contributed by atoms with Crippen molar-refractivity contribution in [3.63, 3.8) is 0 Å². The van der Waals surface area contributed by atoms with Gasteiger partial charge in [0.05, 0.1) is 12.2 Å². The second kappa shape index (κ2) is 2.46. The van der Waals surface area contributed by atoms with Crippen LogP contribution in [0.2, 0.25) is 0 Å². The second-order valence-electron chi connectivity index (χ2n) is 3.78. The normalized spacial score (nSPS) is 39.8. The van der Waals surface area contributed by atoms with Crippen LogP contribution in [0.4, 0.5) is 0 Å². The quantitative estimate of drug-likeness (QED) is 0.653. The maximum atomic E-state index is 9.54. The predicted octanol–water partition coefficient (Wildman–Crippen LogP) is 1.33. The molecule has 2 fully saturated rings. The zero-order valence-electron chi connectivity index (χ0n) is 7.05. The molecule has 0 saturated heterocycles. The van der Waals surface area contributed by atoms with E-state index in [0.717, 1.165) is 13.0 Å². The van der Waals surface area contributed by atoms with E-state index in [1.54, 1.807) is 0 Å². The highest BCUT2D eigenvalue weighted by molar-refractivity contribution is 5.08. The summed E-state index contributed by atoms with van der Waals surface area (Å²) < 4.78 is 5.55. The first kappa shape index (κ1) is 7.56. The van der Waals surface area contributed by atoms with Gasteiger partial charge in [-0.1, -0.05) is 6.42 Å². The van der Waals surface area contributed by atoms with Crippen LogP contribution in [-0.2, 0) is 4.74 Å². The van der Waals surface area contributed by atoms with Gasteiger partial charge in [-0.15, -0.1) is 0 Å². The number of hydrogen-bond donors (Lipinski definition) is 1. The molecular formula is C9H16O2. The number of ether oxygens (including phenoxy) is 1. The third kappa shape index (κ3) is 0.859. The van der Waals surface area contributed by atoms with Crippen LogP contribution in [0.5, 0.6) is 0 Å². The summed E-state index contributed by atoms with van der Waals surface area (Å²) in [6, 6.07) is 0. The van der Waals surface area contributed by atoms with Gasteiger partial charge in [-0.3, -0.25) is 0 Å². The molecule has 2 atom stereocenters. The maximum absolute atomic E-state index is 9.54. The summed E-state index contributed by atoms with van der Waals surface area (Å²) in [5.74, 6) is 0. The Balaban J connectivity index is 1.94. The van der Waals surface area contributed by atoms with E-state index in [-0.39, 0.29) is 11.5 Å². The molecule has 2 saturated carbocycles. The smallest absolute Gasteiger partial charge is 0.0680 e. The van der Waals surface area contributed by atoms with Crippen LogP contribution in [0, 0.1) is 5.41 Å². The zero-order chi connectivity index (χ0) is 7.90. The molecule has 2 rings (SSSR count). The number of hydrogen-bond acceptors (Lipinski definition) is 2. The van der Waals surface area contributed by atoms with E-state index in [4.69, 9.17) is 4.74 Å². The molecule has 11 heavy (non-hydrogen) atoms. The van der Waals surface area contributed by atoms with E-state index < -0.39 is 0 Å². The largest absolute Gasteiger partial charge is 0.392 e. The van der Waals surface area contributed by atoms with Crippen molar-refractivity contribution < 1.29 is 9.84 Å². The standard InChI is InChI=1S/C9H16O2/c1-2-11-8-6-7(10)9(8)4-3-5-9/h7-8,10H,2-6H2,1H3. The van der Waals surface area contributed by atoms with Gasteiger partial charge < -0.3 is 9.84 Å². The monoisotopic (exact) mass is 156 g/mol. The van der Waals surface area contributed by atoms with Gasteiger partial charge in [0.2, 0.25) is 0 Å². The first-order valence-corrected chi connectivity index (χ1v) is 4.59. The number of rotatable bonds is 2. The summed E-state index contributed by atoms with van der Waals surface area (Å²) in [5, 5.41) is 9.54. The Morgan fingerprint density at radius 3 is 2.64 bits per heavy atom. The molecule has 2 unspecified atom stereocenters. The van der Waals surface area contributed by atoms with Crippen LogP contribution in [0.15, 0.2) is 0 Å². The lowest BCUT2D eigenvalue weighted by Crippen LogP contribution is -2.61. The van der Waals surface area contributed by atoms with Crippen molar-refractivity contribution in [1.82, 2.24) is 0 Å². The summed E-state index contributed by atoms with van der Waals surface area (Å²) in [6.45, 7) is 2.82. The lowest BCUT2D eigenvalue weighted by Gasteiger charge is -2.58. The highest BCUT2D eigenvalue weighted by Gasteiger charge is 2.58. The molecule has 0 radical (unpaired) electrons. The molecule has 2 aliphatic rings. The predicted molar refractivity (Wildman–Crippen MR) is 42.3 cm³/mol. The van der Waals surface area contributed by atoms with Crippen molar-refractivity contribution in [3.05, 3.63) is 0 Å². The maximum Gasteiger partial charge on any atom is 0.0680 e. The molecule has 2 aliphatic carbocycles. The van der Waals surface area contributed by atoms with Gasteiger partial charge in [-0.25, -0.2) is 0 Å². The number of aliphatic hydroxyl groups excluding tert-OH is 1. The SMILES string of the molecule is CCOC1CC(O)C12CCC2. The second-order valence-corrected chi connectivity index (χ2v) is 3.78. The minimum atomic E-state index is -0.0622. The van der Waals surface area contributed by atoms with Crippen molar-refractivity contribution >= 4 is 0 Å². The van der Waals surface area contributed by atoms with Crippen LogP contribution in [-0.4, -0.2) is 23.9 Å². The van der Waals surface area contributed by atoms with Gasteiger partial charge in [-0.05, 0) is 19.8 Å². The Bertz CT molecular complexity index is 150. The number of aliphatic hydroxyl groups is 1. The molecule has 0 aromatic carbocycles. The molecule has 0 aliphatic heterocycles. The molecule has 1 N–H and O–H groups in total. The summed E-state index contributed by atoms with van der Waals surface area (Å²) in [6.07, 6.45) is 4.82. The van der Waals surface area contributed by atoms with E-state index in [1.807, 2.05) is 6.92 Å². The Morgan fingerprint density at radius 1 is 1.55 bits per heavy atom. The molecule has 0 bridgehead atoms. The molecule has 0 aromatic rings. The molecule has 0 heterocycles. The first-order chi connectivity index (χ1) is 5.29. The topological polar surface area (TPSA) is 29.5 Å². The third-order valence-corrected chi connectivity index (χ3v) is 3.39. The van der Waals surface area contributed by atoms with Crippen LogP contribution in [0.25, 0.3) is 0 Å².